The molecule has 1 aromatic heterocycles. The van der Waals surface area contributed by atoms with Gasteiger partial charge in [0, 0.05) is 30.0 Å². The molecule has 0 radical (unpaired) electrons. The predicted octanol–water partition coefficient (Wildman–Crippen LogP) is 3.14. The average molecular weight is 309 g/mol. The fourth-order valence-electron chi connectivity index (χ4n) is 2.52. The van der Waals surface area contributed by atoms with Crippen LogP contribution in [0.5, 0.6) is 0 Å². The van der Waals surface area contributed by atoms with Crippen molar-refractivity contribution in [3.63, 3.8) is 0 Å². The number of hydrogen-bond acceptors (Lipinski definition) is 3. The van der Waals surface area contributed by atoms with Gasteiger partial charge in [-0.15, -0.1) is 0 Å². The molecule has 0 aliphatic heterocycles. The van der Waals surface area contributed by atoms with Crippen LogP contribution in [0.2, 0.25) is 0 Å². The molecule has 1 unspecified atom stereocenters. The highest BCUT2D eigenvalue weighted by atomic mass is 19.4. The van der Waals surface area contributed by atoms with Crippen LogP contribution < -0.4 is 11.5 Å². The van der Waals surface area contributed by atoms with Crippen LogP contribution in [0, 0.1) is 0 Å². The SMILES string of the molecule is CC(CN)(Cc1ccncc1)c1ccc(C(F)(F)F)cc1N. The zero-order valence-electron chi connectivity index (χ0n) is 12.2. The first-order chi connectivity index (χ1) is 10.3. The minimum atomic E-state index is -4.41. The monoisotopic (exact) mass is 309 g/mol. The number of pyridine rings is 1. The van der Waals surface area contributed by atoms with E-state index in [2.05, 4.69) is 4.98 Å². The maximum Gasteiger partial charge on any atom is 0.416 e. The van der Waals surface area contributed by atoms with Gasteiger partial charge in [-0.3, -0.25) is 4.98 Å². The summed E-state index contributed by atoms with van der Waals surface area (Å²) in [4.78, 5) is 3.95. The van der Waals surface area contributed by atoms with Gasteiger partial charge in [0.2, 0.25) is 0 Å². The van der Waals surface area contributed by atoms with Crippen molar-refractivity contribution in [1.82, 2.24) is 4.98 Å². The molecule has 2 aromatic rings. The van der Waals surface area contributed by atoms with Gasteiger partial charge < -0.3 is 11.5 Å². The number of rotatable bonds is 4. The van der Waals surface area contributed by atoms with Gasteiger partial charge in [0.25, 0.3) is 0 Å². The minimum absolute atomic E-state index is 0.108. The van der Waals surface area contributed by atoms with Crippen molar-refractivity contribution < 1.29 is 13.2 Å². The zero-order chi connectivity index (χ0) is 16.4. The molecule has 1 atom stereocenters. The fraction of sp³-hybridized carbons (Fsp3) is 0.312. The molecule has 0 amide bonds. The van der Waals surface area contributed by atoms with E-state index in [0.29, 0.717) is 12.0 Å². The maximum atomic E-state index is 12.7. The molecule has 6 heteroatoms. The Kier molecular flexibility index (Phi) is 4.42. The summed E-state index contributed by atoms with van der Waals surface area (Å²) in [6, 6.07) is 7.15. The van der Waals surface area contributed by atoms with Crippen LogP contribution in [0.1, 0.15) is 23.6 Å². The van der Waals surface area contributed by atoms with E-state index >= 15 is 0 Å². The number of nitrogens with two attached hydrogens (primary N) is 2. The number of nitrogens with zero attached hydrogens (tertiary/aromatic N) is 1. The molecule has 2 rings (SSSR count). The number of aromatic nitrogens is 1. The lowest BCUT2D eigenvalue weighted by Crippen LogP contribution is -2.35. The van der Waals surface area contributed by atoms with E-state index in [4.69, 9.17) is 11.5 Å². The van der Waals surface area contributed by atoms with Crippen molar-refractivity contribution in [3.8, 4) is 0 Å². The van der Waals surface area contributed by atoms with Crippen molar-refractivity contribution in [1.29, 1.82) is 0 Å². The molecule has 0 spiro atoms. The first-order valence-corrected chi connectivity index (χ1v) is 6.82. The summed E-state index contributed by atoms with van der Waals surface area (Å²) < 4.78 is 38.2. The maximum absolute atomic E-state index is 12.7. The third-order valence-electron chi connectivity index (χ3n) is 3.82. The number of nitrogen functional groups attached to an aromatic ring is 1. The van der Waals surface area contributed by atoms with Gasteiger partial charge in [-0.2, -0.15) is 13.2 Å². The van der Waals surface area contributed by atoms with E-state index in [9.17, 15) is 13.2 Å². The molecule has 4 N–H and O–H groups in total. The number of hydrogen-bond donors (Lipinski definition) is 2. The number of halogens is 3. The quantitative estimate of drug-likeness (QED) is 0.853. The summed E-state index contributed by atoms with van der Waals surface area (Å²) in [5.41, 5.74) is 12.2. The first-order valence-electron chi connectivity index (χ1n) is 6.82. The smallest absolute Gasteiger partial charge is 0.398 e. The molecule has 3 nitrogen and oxygen atoms in total. The number of anilines is 1. The summed E-state index contributed by atoms with van der Waals surface area (Å²) in [6.45, 7) is 2.16. The van der Waals surface area contributed by atoms with E-state index < -0.39 is 17.2 Å². The highest BCUT2D eigenvalue weighted by Gasteiger charge is 2.33. The number of benzene rings is 1. The Labute approximate surface area is 127 Å². The normalized spacial score (nSPS) is 14.6. The summed E-state index contributed by atoms with van der Waals surface area (Å²) >= 11 is 0. The molecule has 22 heavy (non-hydrogen) atoms. The first kappa shape index (κ1) is 16.3. The Morgan fingerprint density at radius 3 is 2.23 bits per heavy atom. The van der Waals surface area contributed by atoms with Gasteiger partial charge in [-0.25, -0.2) is 0 Å². The molecule has 0 bridgehead atoms. The second kappa shape index (κ2) is 5.96. The Morgan fingerprint density at radius 1 is 1.09 bits per heavy atom. The van der Waals surface area contributed by atoms with E-state index in [1.165, 1.54) is 6.07 Å². The van der Waals surface area contributed by atoms with Crippen LogP contribution in [0.3, 0.4) is 0 Å². The largest absolute Gasteiger partial charge is 0.416 e. The van der Waals surface area contributed by atoms with Crippen molar-refractivity contribution in [3.05, 3.63) is 59.4 Å². The second-order valence-corrected chi connectivity index (χ2v) is 5.60. The summed E-state index contributed by atoms with van der Waals surface area (Å²) in [5, 5.41) is 0. The lowest BCUT2D eigenvalue weighted by molar-refractivity contribution is -0.137. The van der Waals surface area contributed by atoms with Crippen LogP contribution in [-0.2, 0) is 18.0 Å². The Bertz CT molecular complexity index is 641. The van der Waals surface area contributed by atoms with E-state index in [1.807, 2.05) is 19.1 Å². The Hall–Kier alpha value is -2.08. The molecule has 0 saturated heterocycles. The van der Waals surface area contributed by atoms with Crippen LogP contribution in [0.25, 0.3) is 0 Å². The van der Waals surface area contributed by atoms with Crippen molar-refractivity contribution in [2.24, 2.45) is 5.73 Å². The summed E-state index contributed by atoms with van der Waals surface area (Å²) in [6.07, 6.45) is -0.497. The molecule has 0 saturated carbocycles. The van der Waals surface area contributed by atoms with E-state index in [1.54, 1.807) is 12.4 Å². The van der Waals surface area contributed by atoms with Crippen LogP contribution in [-0.4, -0.2) is 11.5 Å². The fourth-order valence-corrected chi connectivity index (χ4v) is 2.52. The van der Waals surface area contributed by atoms with Crippen molar-refractivity contribution in [2.45, 2.75) is 24.9 Å². The topological polar surface area (TPSA) is 64.9 Å². The number of alkyl halides is 3. The van der Waals surface area contributed by atoms with Gasteiger partial charge in [0.15, 0.2) is 0 Å². The molecule has 0 aliphatic rings. The third-order valence-corrected chi connectivity index (χ3v) is 3.82. The van der Waals surface area contributed by atoms with Gasteiger partial charge in [0.1, 0.15) is 0 Å². The molecule has 118 valence electrons. The molecule has 1 aromatic carbocycles. The average Bonchev–Trinajstić information content (AvgIpc) is 2.47. The van der Waals surface area contributed by atoms with Gasteiger partial charge in [-0.05, 0) is 41.8 Å². The van der Waals surface area contributed by atoms with Crippen LogP contribution in [0.4, 0.5) is 18.9 Å². The molecule has 0 fully saturated rings. The van der Waals surface area contributed by atoms with E-state index in [-0.39, 0.29) is 12.2 Å². The van der Waals surface area contributed by atoms with Crippen LogP contribution >= 0.6 is 0 Å². The molecular weight excluding hydrogens is 291 g/mol. The predicted molar refractivity (Wildman–Crippen MR) is 80.2 cm³/mol. The minimum Gasteiger partial charge on any atom is -0.398 e. The summed E-state index contributed by atoms with van der Waals surface area (Å²) in [7, 11) is 0. The Morgan fingerprint density at radius 2 is 1.73 bits per heavy atom. The standard InChI is InChI=1S/C16H18F3N3/c1-15(10-20,9-11-4-6-22-7-5-11)13-3-2-12(8-14(13)21)16(17,18)19/h2-8H,9-10,20-21H2,1H3. The van der Waals surface area contributed by atoms with Gasteiger partial charge in [0.05, 0.1) is 5.56 Å². The lowest BCUT2D eigenvalue weighted by Gasteiger charge is -2.30. The highest BCUT2D eigenvalue weighted by Crippen LogP contribution is 2.36. The molecule has 0 aliphatic carbocycles. The lowest BCUT2D eigenvalue weighted by atomic mass is 9.76. The third kappa shape index (κ3) is 3.39. The zero-order valence-corrected chi connectivity index (χ0v) is 12.2. The van der Waals surface area contributed by atoms with E-state index in [0.717, 1.165) is 17.7 Å². The van der Waals surface area contributed by atoms with Gasteiger partial charge in [-0.1, -0.05) is 13.0 Å². The summed E-state index contributed by atoms with van der Waals surface area (Å²) in [5.74, 6) is 0. The van der Waals surface area contributed by atoms with Crippen molar-refractivity contribution >= 4 is 5.69 Å². The Balaban J connectivity index is 2.38. The highest BCUT2D eigenvalue weighted by molar-refractivity contribution is 5.54. The van der Waals surface area contributed by atoms with Crippen LogP contribution in [0.15, 0.2) is 42.7 Å². The second-order valence-electron chi connectivity index (χ2n) is 5.60. The molecular formula is C16H18F3N3. The molecule has 1 heterocycles. The van der Waals surface area contributed by atoms with Crippen molar-refractivity contribution in [2.75, 3.05) is 12.3 Å². The van der Waals surface area contributed by atoms with Gasteiger partial charge >= 0.3 is 6.18 Å².